The van der Waals surface area contributed by atoms with E-state index in [-0.39, 0.29) is 5.78 Å². The van der Waals surface area contributed by atoms with Crippen LogP contribution in [0.3, 0.4) is 0 Å². The van der Waals surface area contributed by atoms with Crippen molar-refractivity contribution in [1.29, 1.82) is 0 Å². The first kappa shape index (κ1) is 52.2. The normalized spacial score (nSPS) is 11.7. The van der Waals surface area contributed by atoms with Crippen LogP contribution in [0.25, 0.3) is 6.08 Å². The second-order valence-electron chi connectivity index (χ2n) is 14.5. The highest BCUT2D eigenvalue weighted by Crippen LogP contribution is 2.31. The Balaban J connectivity index is 0.000000314. The summed E-state index contributed by atoms with van der Waals surface area (Å²) < 4.78 is 296. The van der Waals surface area contributed by atoms with E-state index < -0.39 is 144 Å². The van der Waals surface area contributed by atoms with E-state index in [9.17, 15) is 57.5 Å². The molecule has 0 N–H and O–H groups in total. The van der Waals surface area contributed by atoms with Crippen LogP contribution in [0.4, 0.5) is 87.8 Å². The maximum atomic E-state index is 15.4. The first-order valence-electron chi connectivity index (χ1n) is 19.3. The molecule has 68 heavy (non-hydrogen) atoms. The van der Waals surface area contributed by atoms with Crippen LogP contribution in [-0.2, 0) is 6.54 Å². The van der Waals surface area contributed by atoms with Crippen molar-refractivity contribution in [1.82, 2.24) is 4.98 Å². The van der Waals surface area contributed by atoms with Crippen molar-refractivity contribution in [3.05, 3.63) is 183 Å². The van der Waals surface area contributed by atoms with Crippen LogP contribution in [0.15, 0.2) is 55.0 Å². The lowest BCUT2D eigenvalue weighted by Gasteiger charge is -2.44. The molecule has 0 fully saturated rings. The molecule has 6 rings (SSSR count). The average molecular weight is 988 g/mol. The second-order valence-corrected chi connectivity index (χ2v) is 14.5. The molecule has 24 heteroatoms. The molecule has 0 aliphatic carbocycles. The third-order valence-corrected chi connectivity index (χ3v) is 10.4. The SMILES string of the molecule is CCCCCCC=Cc1c[n+](CC(=O)c2ccccc2)ccn1.Fc1c(F)c(F)c([B-](c2c(F)c(F)c(F)c(F)c2F)(c2c(F)c(F)c(F)c(F)c2F)c2c(F)c(F)c(F)c(F)c2F)c(F)c1F. The van der Waals surface area contributed by atoms with E-state index in [0.717, 1.165) is 17.7 Å². The smallest absolute Gasteiger partial charge is 0.227 e. The number of ketones is 1. The Bertz CT molecular complexity index is 2570. The predicted molar refractivity (Wildman–Crippen MR) is 202 cm³/mol. The van der Waals surface area contributed by atoms with E-state index in [0.29, 0.717) is 6.54 Å². The lowest BCUT2D eigenvalue weighted by Crippen LogP contribution is -2.81. The molecule has 0 amide bonds. The van der Waals surface area contributed by atoms with E-state index in [4.69, 9.17) is 0 Å². The first-order chi connectivity index (χ1) is 32.0. The molecule has 1 heterocycles. The first-order valence-corrected chi connectivity index (χ1v) is 19.3. The zero-order valence-corrected chi connectivity index (χ0v) is 34.0. The third-order valence-electron chi connectivity index (χ3n) is 10.4. The van der Waals surface area contributed by atoms with Gasteiger partial charge in [0.15, 0.2) is 82.2 Å². The maximum Gasteiger partial charge on any atom is 0.227 e. The fourth-order valence-corrected chi connectivity index (χ4v) is 7.28. The zero-order valence-electron chi connectivity index (χ0n) is 34.0. The Morgan fingerprint density at radius 1 is 0.485 bits per heavy atom. The van der Waals surface area contributed by atoms with Gasteiger partial charge in [-0.1, -0.05) is 62.6 Å². The minimum absolute atomic E-state index is 0.108. The van der Waals surface area contributed by atoms with Gasteiger partial charge in [0.1, 0.15) is 58.4 Å². The number of nitrogens with zero attached hydrogens (tertiary/aromatic N) is 2. The number of hydrogen-bond donors (Lipinski definition) is 0. The van der Waals surface area contributed by atoms with Crippen LogP contribution in [-0.4, -0.2) is 16.9 Å². The van der Waals surface area contributed by atoms with Crippen LogP contribution >= 0.6 is 0 Å². The van der Waals surface area contributed by atoms with Crippen LogP contribution in [0, 0.1) is 116 Å². The fraction of sp³-hybridized carbons (Fsp3) is 0.159. The quantitative estimate of drug-likeness (QED) is 0.0220. The van der Waals surface area contributed by atoms with Crippen molar-refractivity contribution in [3.63, 3.8) is 0 Å². The van der Waals surface area contributed by atoms with Gasteiger partial charge in [0.25, 0.3) is 0 Å². The minimum Gasteiger partial charge on any atom is -0.287 e. The highest BCUT2D eigenvalue weighted by atomic mass is 19.2. The summed E-state index contributed by atoms with van der Waals surface area (Å²) in [4.78, 5) is 16.6. The predicted octanol–water partition coefficient (Wildman–Crippen LogP) is 10.1. The standard InChI is InChI=1S/C24BF20.C20H25N2O/c26-5-1(6(27)14(35)21(42)13(5)34)25(2-7(28)15(36)22(43)16(37)8(2)29,3-9(30)17(38)23(44)18(39)10(3)31)4-11(32)19(40)24(45)20(41)12(4)33;1-2-3-4-5-6-10-13-19-16-22(15-14-21-19)17-20(23)18-11-8-7-9-12-18/h;7-16H,2-6,17H2,1H3/q-1;+1. The highest BCUT2D eigenvalue weighted by molar-refractivity contribution is 7.20. The van der Waals surface area contributed by atoms with Crippen molar-refractivity contribution in [2.24, 2.45) is 0 Å². The summed E-state index contributed by atoms with van der Waals surface area (Å²) >= 11 is 0. The molecule has 0 atom stereocenters. The molecule has 0 spiro atoms. The summed E-state index contributed by atoms with van der Waals surface area (Å²) in [5.41, 5.74) is -12.7. The summed E-state index contributed by atoms with van der Waals surface area (Å²) in [5.74, 6) is -71.3. The van der Waals surface area contributed by atoms with Crippen molar-refractivity contribution in [2.45, 2.75) is 45.6 Å². The summed E-state index contributed by atoms with van der Waals surface area (Å²) in [6, 6.07) is 9.39. The molecule has 360 valence electrons. The molecule has 0 saturated heterocycles. The Hall–Kier alpha value is -6.75. The largest absolute Gasteiger partial charge is 0.287 e. The second kappa shape index (κ2) is 21.0. The van der Waals surface area contributed by atoms with Gasteiger partial charge in [-0.3, -0.25) is 4.79 Å². The molecule has 0 unspecified atom stereocenters. The van der Waals surface area contributed by atoms with Crippen LogP contribution in [0.2, 0.25) is 0 Å². The minimum atomic E-state index is -7.22. The van der Waals surface area contributed by atoms with Crippen molar-refractivity contribution >= 4 is 39.9 Å². The van der Waals surface area contributed by atoms with Gasteiger partial charge in [0.2, 0.25) is 12.3 Å². The number of halogens is 20. The van der Waals surface area contributed by atoms with E-state index in [1.165, 1.54) is 25.7 Å². The Morgan fingerprint density at radius 3 is 1.16 bits per heavy atom. The van der Waals surface area contributed by atoms with E-state index >= 15 is 35.1 Å². The van der Waals surface area contributed by atoms with Gasteiger partial charge in [0, 0.05) is 5.56 Å². The molecule has 1 aromatic heterocycles. The van der Waals surface area contributed by atoms with Gasteiger partial charge in [-0.05, 0) is 18.9 Å². The molecule has 0 aliphatic rings. The van der Waals surface area contributed by atoms with Gasteiger partial charge >= 0.3 is 0 Å². The molecule has 5 aromatic carbocycles. The molecule has 0 radical (unpaired) electrons. The summed E-state index contributed by atoms with van der Waals surface area (Å²) in [7, 11) is 0. The maximum absolute atomic E-state index is 15.4. The van der Waals surface area contributed by atoms with E-state index in [2.05, 4.69) is 18.0 Å². The van der Waals surface area contributed by atoms with Gasteiger partial charge < -0.3 is 0 Å². The van der Waals surface area contributed by atoms with E-state index in [1.807, 2.05) is 53.4 Å². The van der Waals surface area contributed by atoms with Gasteiger partial charge in [-0.2, -0.15) is 4.57 Å². The molecule has 0 aliphatic heterocycles. The molecular weight excluding hydrogens is 963 g/mol. The van der Waals surface area contributed by atoms with Crippen molar-refractivity contribution in [3.8, 4) is 0 Å². The summed E-state index contributed by atoms with van der Waals surface area (Å²) in [6.07, 6.45) is 8.65. The number of carbonyl (C=O) groups is 1. The molecule has 0 bridgehead atoms. The number of unbranched alkanes of at least 4 members (excludes halogenated alkanes) is 4. The number of aromatic nitrogens is 2. The van der Waals surface area contributed by atoms with Gasteiger partial charge in [-0.15, -0.1) is 21.9 Å². The van der Waals surface area contributed by atoms with Crippen molar-refractivity contribution in [2.75, 3.05) is 0 Å². The van der Waals surface area contributed by atoms with Crippen LogP contribution in [0.5, 0.6) is 0 Å². The number of rotatable bonds is 13. The molecule has 3 nitrogen and oxygen atoms in total. The lowest BCUT2D eigenvalue weighted by atomic mass is 9.12. The fourth-order valence-electron chi connectivity index (χ4n) is 7.28. The topological polar surface area (TPSA) is 33.8 Å². The summed E-state index contributed by atoms with van der Waals surface area (Å²) in [6.45, 7) is 2.56. The number of carbonyl (C=O) groups excluding carboxylic acids is 1. The van der Waals surface area contributed by atoms with E-state index in [1.54, 1.807) is 6.20 Å². The lowest BCUT2D eigenvalue weighted by molar-refractivity contribution is -0.683. The Labute approximate surface area is 369 Å². The summed E-state index contributed by atoms with van der Waals surface area (Å²) in [5, 5.41) is 0. The van der Waals surface area contributed by atoms with Crippen LogP contribution < -0.4 is 26.4 Å². The molecule has 0 saturated carbocycles. The zero-order chi connectivity index (χ0) is 50.7. The Kier molecular flexibility index (Phi) is 16.2. The monoisotopic (exact) mass is 988 g/mol. The van der Waals surface area contributed by atoms with Gasteiger partial charge in [-0.25, -0.2) is 92.8 Å². The average Bonchev–Trinajstić information content (AvgIpc) is 3.33. The number of Topliss-reactive ketones (excluding diaryl/α,β-unsaturated/α-hetero) is 1. The van der Waals surface area contributed by atoms with Crippen LogP contribution in [0.1, 0.15) is 55.1 Å². The number of allylic oxidation sites excluding steroid dienone is 1. The van der Waals surface area contributed by atoms with Gasteiger partial charge in [0.05, 0.1) is 6.20 Å². The highest BCUT2D eigenvalue weighted by Gasteiger charge is 2.52. The van der Waals surface area contributed by atoms with Crippen molar-refractivity contribution < 1.29 is 97.2 Å². The number of hydrogen-bond acceptors (Lipinski definition) is 2. The molecular formula is C44H25BF20N2O. The number of benzene rings is 5. The Morgan fingerprint density at radius 2 is 0.824 bits per heavy atom. The molecule has 6 aromatic rings. The third kappa shape index (κ3) is 9.27.